The van der Waals surface area contributed by atoms with Crippen molar-refractivity contribution in [1.29, 1.82) is 0 Å². The molecule has 0 spiro atoms. The van der Waals surface area contributed by atoms with Crippen LogP contribution >= 0.6 is 15.9 Å². The number of aryl methyl sites for hydroxylation is 1. The van der Waals surface area contributed by atoms with Gasteiger partial charge in [-0.15, -0.1) is 0 Å². The van der Waals surface area contributed by atoms with Gasteiger partial charge in [-0.05, 0) is 60.5 Å². The molecular formula is C21H20BrFN2O3S. The zero-order chi connectivity index (χ0) is 21.3. The highest BCUT2D eigenvalue weighted by atomic mass is 79.9. The number of ketones is 1. The van der Waals surface area contributed by atoms with Crippen LogP contribution < -0.4 is 4.72 Å². The Labute approximate surface area is 177 Å². The normalized spacial score (nSPS) is 12.6. The molecule has 3 aromatic rings. The first kappa shape index (κ1) is 21.3. The number of sulfonamides is 1. The maximum atomic E-state index is 14.6. The van der Waals surface area contributed by atoms with Gasteiger partial charge in [-0.1, -0.05) is 28.9 Å². The number of anilines is 1. The van der Waals surface area contributed by atoms with Crippen LogP contribution in [0.5, 0.6) is 0 Å². The van der Waals surface area contributed by atoms with E-state index >= 15 is 0 Å². The zero-order valence-corrected chi connectivity index (χ0v) is 18.5. The van der Waals surface area contributed by atoms with Crippen molar-refractivity contribution in [3.63, 3.8) is 0 Å². The molecule has 1 heterocycles. The minimum Gasteiger partial charge on any atom is -0.355 e. The highest BCUT2D eigenvalue weighted by molar-refractivity contribution is 9.10. The molecule has 2 aromatic carbocycles. The van der Waals surface area contributed by atoms with Gasteiger partial charge in [0.1, 0.15) is 5.82 Å². The van der Waals surface area contributed by atoms with Crippen molar-refractivity contribution in [2.24, 2.45) is 0 Å². The lowest BCUT2D eigenvalue weighted by Gasteiger charge is -2.13. The van der Waals surface area contributed by atoms with Crippen LogP contribution in [-0.2, 0) is 10.0 Å². The van der Waals surface area contributed by atoms with Crippen LogP contribution in [-0.4, -0.2) is 25.4 Å². The summed E-state index contributed by atoms with van der Waals surface area (Å²) < 4.78 is 40.3. The van der Waals surface area contributed by atoms with Gasteiger partial charge in [0.15, 0.2) is 0 Å². The van der Waals surface area contributed by atoms with Crippen LogP contribution in [0.2, 0.25) is 0 Å². The van der Waals surface area contributed by atoms with E-state index < -0.39 is 15.8 Å². The van der Waals surface area contributed by atoms with Crippen molar-refractivity contribution in [3.05, 3.63) is 86.9 Å². The van der Waals surface area contributed by atoms with Crippen molar-refractivity contribution in [1.82, 2.24) is 4.98 Å². The molecule has 0 aliphatic rings. The Kier molecular flexibility index (Phi) is 5.95. The smallest absolute Gasteiger partial charge is 0.229 e. The molecule has 0 saturated carbocycles. The molecule has 8 heteroatoms. The number of halogens is 2. The number of carbonyl (C=O) groups excluding carboxylic acids is 1. The predicted molar refractivity (Wildman–Crippen MR) is 115 cm³/mol. The van der Waals surface area contributed by atoms with Gasteiger partial charge in [-0.3, -0.25) is 9.52 Å². The molecule has 152 valence electrons. The first-order valence-electron chi connectivity index (χ1n) is 8.82. The minimum atomic E-state index is -3.48. The van der Waals surface area contributed by atoms with Crippen molar-refractivity contribution in [2.75, 3.05) is 11.0 Å². The van der Waals surface area contributed by atoms with Gasteiger partial charge in [0.2, 0.25) is 15.8 Å². The second-order valence-electron chi connectivity index (χ2n) is 6.95. The molecule has 1 unspecified atom stereocenters. The van der Waals surface area contributed by atoms with Crippen LogP contribution in [0.3, 0.4) is 0 Å². The van der Waals surface area contributed by atoms with Gasteiger partial charge < -0.3 is 4.98 Å². The molecular weight excluding hydrogens is 459 g/mol. The highest BCUT2D eigenvalue weighted by Gasteiger charge is 2.19. The Morgan fingerprint density at radius 3 is 2.48 bits per heavy atom. The maximum absolute atomic E-state index is 14.6. The van der Waals surface area contributed by atoms with E-state index in [2.05, 4.69) is 25.6 Å². The van der Waals surface area contributed by atoms with E-state index in [-0.39, 0.29) is 17.4 Å². The molecule has 0 radical (unpaired) electrons. The summed E-state index contributed by atoms with van der Waals surface area (Å²) in [6, 6.07) is 13.1. The van der Waals surface area contributed by atoms with Crippen molar-refractivity contribution in [3.8, 4) is 0 Å². The third-order valence-corrected chi connectivity index (χ3v) is 5.72. The number of rotatable bonds is 6. The van der Waals surface area contributed by atoms with Gasteiger partial charge in [0, 0.05) is 21.6 Å². The molecule has 29 heavy (non-hydrogen) atoms. The molecule has 0 amide bonds. The number of benzene rings is 2. The van der Waals surface area contributed by atoms with E-state index in [1.54, 1.807) is 18.2 Å². The van der Waals surface area contributed by atoms with E-state index in [1.807, 2.05) is 26.0 Å². The van der Waals surface area contributed by atoms with Gasteiger partial charge in [-0.25, -0.2) is 12.8 Å². The molecule has 0 fully saturated rings. The number of H-pyrrole nitrogens is 1. The number of carbonyl (C=O) groups is 1. The van der Waals surface area contributed by atoms with Crippen LogP contribution in [0.1, 0.15) is 45.7 Å². The topological polar surface area (TPSA) is 79.0 Å². The minimum absolute atomic E-state index is 0.137. The van der Waals surface area contributed by atoms with Gasteiger partial charge in [0.25, 0.3) is 0 Å². The summed E-state index contributed by atoms with van der Waals surface area (Å²) in [5, 5.41) is 0. The Bertz CT molecular complexity index is 1190. The lowest BCUT2D eigenvalue weighted by molar-refractivity contribution is 0.103. The van der Waals surface area contributed by atoms with Crippen molar-refractivity contribution in [2.45, 2.75) is 19.8 Å². The molecule has 1 aromatic heterocycles. The second-order valence-corrected chi connectivity index (χ2v) is 9.61. The van der Waals surface area contributed by atoms with Crippen LogP contribution in [0.4, 0.5) is 10.1 Å². The van der Waals surface area contributed by atoms with Crippen LogP contribution in [0.25, 0.3) is 0 Å². The summed E-state index contributed by atoms with van der Waals surface area (Å²) in [6.45, 7) is 3.68. The summed E-state index contributed by atoms with van der Waals surface area (Å²) in [6.07, 6.45) is 1.01. The number of hydrogen-bond acceptors (Lipinski definition) is 3. The molecule has 0 aliphatic heterocycles. The number of nitrogens with one attached hydrogen (secondary N) is 2. The van der Waals surface area contributed by atoms with E-state index in [0.29, 0.717) is 22.5 Å². The summed E-state index contributed by atoms with van der Waals surface area (Å²) >= 11 is 3.39. The zero-order valence-electron chi connectivity index (χ0n) is 16.1. The Hall–Kier alpha value is -2.45. The first-order valence-corrected chi connectivity index (χ1v) is 11.5. The fourth-order valence-electron chi connectivity index (χ4n) is 3.15. The largest absolute Gasteiger partial charge is 0.355 e. The first-order chi connectivity index (χ1) is 13.5. The van der Waals surface area contributed by atoms with E-state index in [1.165, 1.54) is 12.1 Å². The maximum Gasteiger partial charge on any atom is 0.229 e. The molecule has 3 rings (SSSR count). The van der Waals surface area contributed by atoms with Crippen LogP contribution in [0.15, 0.2) is 53.0 Å². The van der Waals surface area contributed by atoms with Crippen LogP contribution in [0, 0.1) is 12.7 Å². The average Bonchev–Trinajstić information content (AvgIpc) is 3.09. The molecule has 0 bridgehead atoms. The monoisotopic (exact) mass is 478 g/mol. The Balaban J connectivity index is 1.85. The van der Waals surface area contributed by atoms with Crippen molar-refractivity contribution < 1.29 is 17.6 Å². The van der Waals surface area contributed by atoms with E-state index in [9.17, 15) is 17.6 Å². The summed E-state index contributed by atoms with van der Waals surface area (Å²) in [5.41, 5.74) is 3.11. The summed E-state index contributed by atoms with van der Waals surface area (Å²) in [5.74, 6) is -1.02. The quantitative estimate of drug-likeness (QED) is 0.490. The highest BCUT2D eigenvalue weighted by Crippen LogP contribution is 2.28. The van der Waals surface area contributed by atoms with E-state index in [4.69, 9.17) is 0 Å². The summed E-state index contributed by atoms with van der Waals surface area (Å²) in [7, 11) is -3.48. The Morgan fingerprint density at radius 2 is 1.86 bits per heavy atom. The lowest BCUT2D eigenvalue weighted by atomic mass is 9.97. The van der Waals surface area contributed by atoms with Gasteiger partial charge in [0.05, 0.1) is 17.6 Å². The molecule has 2 N–H and O–H groups in total. The molecule has 5 nitrogen and oxygen atoms in total. The predicted octanol–water partition coefficient (Wildman–Crippen LogP) is 4.98. The van der Waals surface area contributed by atoms with E-state index in [0.717, 1.165) is 22.4 Å². The summed E-state index contributed by atoms with van der Waals surface area (Å²) in [4.78, 5) is 15.9. The SMILES string of the molecule is Cc1cc(Br)ccc1C(=O)c1ccc(C(C)c2ccc(NS(C)(=O)=O)cc2F)[nH]1. The number of aromatic nitrogens is 1. The van der Waals surface area contributed by atoms with Gasteiger partial charge >= 0.3 is 0 Å². The number of hydrogen-bond donors (Lipinski definition) is 2. The van der Waals surface area contributed by atoms with Crippen molar-refractivity contribution >= 4 is 37.4 Å². The lowest BCUT2D eigenvalue weighted by Crippen LogP contribution is -2.10. The fraction of sp³-hybridized carbons (Fsp3) is 0.190. The third-order valence-electron chi connectivity index (χ3n) is 4.62. The average molecular weight is 479 g/mol. The molecule has 0 saturated heterocycles. The number of aromatic amines is 1. The third kappa shape index (κ3) is 4.94. The Morgan fingerprint density at radius 1 is 1.14 bits per heavy atom. The molecule has 0 aliphatic carbocycles. The fourth-order valence-corrected chi connectivity index (χ4v) is 4.18. The standard InChI is InChI=1S/C21H20BrFN2O3S/c1-12-10-14(22)4-6-16(12)21(26)20-9-8-19(24-20)13(2)17-7-5-15(11-18(17)23)25-29(3,27)28/h4-11,13,24-25H,1-3H3. The molecule has 1 atom stereocenters. The second kappa shape index (κ2) is 8.12. The van der Waals surface area contributed by atoms with Gasteiger partial charge in [-0.2, -0.15) is 0 Å².